The number of benzene rings is 1. The number of allylic oxidation sites excluding steroid dienone is 3. The number of carbonyl (C=O) groups excluding carboxylic acids is 1. The molecule has 78 valence electrons. The molecule has 0 bridgehead atoms. The van der Waals surface area contributed by atoms with E-state index in [4.69, 9.17) is 4.74 Å². The third-order valence-electron chi connectivity index (χ3n) is 1.95. The monoisotopic (exact) mass is 202 g/mol. The smallest absolute Gasteiger partial charge is 0.338 e. The van der Waals surface area contributed by atoms with E-state index >= 15 is 0 Å². The lowest BCUT2D eigenvalue weighted by molar-refractivity contribution is -0.133. The van der Waals surface area contributed by atoms with Crippen LogP contribution in [0.25, 0.3) is 5.57 Å². The summed E-state index contributed by atoms with van der Waals surface area (Å²) in [5.74, 6) is -0.320. The van der Waals surface area contributed by atoms with Crippen molar-refractivity contribution in [3.63, 3.8) is 0 Å². The van der Waals surface area contributed by atoms with Gasteiger partial charge < -0.3 is 4.74 Å². The SMILES string of the molecule is C/C=C/C=C(/C(=O)OC)c1ccccc1. The summed E-state index contributed by atoms with van der Waals surface area (Å²) in [6.45, 7) is 1.90. The van der Waals surface area contributed by atoms with Crippen molar-refractivity contribution in [1.82, 2.24) is 0 Å². The third kappa shape index (κ3) is 3.09. The Labute approximate surface area is 89.9 Å². The zero-order valence-electron chi connectivity index (χ0n) is 8.94. The summed E-state index contributed by atoms with van der Waals surface area (Å²) < 4.78 is 4.72. The van der Waals surface area contributed by atoms with E-state index in [2.05, 4.69) is 0 Å². The molecule has 1 aromatic carbocycles. The zero-order valence-corrected chi connectivity index (χ0v) is 8.94. The molecule has 15 heavy (non-hydrogen) atoms. The molecule has 1 rings (SSSR count). The van der Waals surface area contributed by atoms with Crippen LogP contribution in [0.2, 0.25) is 0 Å². The van der Waals surface area contributed by atoms with Gasteiger partial charge in [-0.05, 0) is 18.6 Å². The molecule has 2 heteroatoms. The number of carbonyl (C=O) groups is 1. The highest BCUT2D eigenvalue weighted by molar-refractivity contribution is 6.16. The highest BCUT2D eigenvalue weighted by Gasteiger charge is 2.10. The van der Waals surface area contributed by atoms with Gasteiger partial charge in [0.1, 0.15) is 0 Å². The Morgan fingerprint density at radius 1 is 1.27 bits per heavy atom. The maximum Gasteiger partial charge on any atom is 0.338 e. The normalized spacial score (nSPS) is 11.7. The van der Waals surface area contributed by atoms with E-state index in [0.717, 1.165) is 5.56 Å². The Hall–Kier alpha value is -1.83. The van der Waals surface area contributed by atoms with Crippen molar-refractivity contribution in [3.05, 3.63) is 54.1 Å². The zero-order chi connectivity index (χ0) is 11.1. The van der Waals surface area contributed by atoms with Crippen LogP contribution >= 0.6 is 0 Å². The summed E-state index contributed by atoms with van der Waals surface area (Å²) in [6.07, 6.45) is 5.44. The second kappa shape index (κ2) is 5.81. The fourth-order valence-corrected chi connectivity index (χ4v) is 1.20. The van der Waals surface area contributed by atoms with Gasteiger partial charge in [0.2, 0.25) is 0 Å². The first-order valence-corrected chi connectivity index (χ1v) is 4.76. The number of ether oxygens (including phenoxy) is 1. The molecule has 0 saturated carbocycles. The van der Waals surface area contributed by atoms with Gasteiger partial charge in [0.15, 0.2) is 0 Å². The van der Waals surface area contributed by atoms with Crippen molar-refractivity contribution >= 4 is 11.5 Å². The third-order valence-corrected chi connectivity index (χ3v) is 1.95. The minimum Gasteiger partial charge on any atom is -0.465 e. The standard InChI is InChI=1S/C13H14O2/c1-3-4-10-12(13(14)15-2)11-8-6-5-7-9-11/h3-10H,1-2H3/b4-3+,12-10+. The van der Waals surface area contributed by atoms with E-state index in [0.29, 0.717) is 5.57 Å². The van der Waals surface area contributed by atoms with Crippen LogP contribution in [0, 0.1) is 0 Å². The molecule has 0 amide bonds. The first-order valence-electron chi connectivity index (χ1n) is 4.76. The van der Waals surface area contributed by atoms with Crippen LogP contribution in [0.3, 0.4) is 0 Å². The summed E-state index contributed by atoms with van der Waals surface area (Å²) in [4.78, 5) is 11.5. The average Bonchev–Trinajstić information content (AvgIpc) is 2.30. The van der Waals surface area contributed by atoms with E-state index in [1.807, 2.05) is 49.4 Å². The Morgan fingerprint density at radius 2 is 1.93 bits per heavy atom. The van der Waals surface area contributed by atoms with Crippen molar-refractivity contribution in [2.24, 2.45) is 0 Å². The summed E-state index contributed by atoms with van der Waals surface area (Å²) in [7, 11) is 1.38. The molecule has 0 aliphatic heterocycles. The van der Waals surface area contributed by atoms with Gasteiger partial charge in [-0.15, -0.1) is 0 Å². The van der Waals surface area contributed by atoms with Gasteiger partial charge in [-0.2, -0.15) is 0 Å². The predicted octanol–water partition coefficient (Wildman–Crippen LogP) is 2.82. The van der Waals surface area contributed by atoms with Crippen molar-refractivity contribution in [3.8, 4) is 0 Å². The molecule has 0 aliphatic carbocycles. The van der Waals surface area contributed by atoms with Crippen LogP contribution < -0.4 is 0 Å². The number of esters is 1. The maximum atomic E-state index is 11.5. The summed E-state index contributed by atoms with van der Waals surface area (Å²) >= 11 is 0. The second-order valence-corrected chi connectivity index (χ2v) is 2.96. The van der Waals surface area contributed by atoms with Gasteiger partial charge in [0.05, 0.1) is 12.7 Å². The van der Waals surface area contributed by atoms with Crippen LogP contribution in [0.4, 0.5) is 0 Å². The quantitative estimate of drug-likeness (QED) is 0.428. The van der Waals surface area contributed by atoms with Crippen molar-refractivity contribution < 1.29 is 9.53 Å². The minimum absolute atomic E-state index is 0.320. The lowest BCUT2D eigenvalue weighted by Gasteiger charge is -2.03. The van der Waals surface area contributed by atoms with E-state index in [9.17, 15) is 4.79 Å². The number of methoxy groups -OCH3 is 1. The molecule has 1 aromatic rings. The first-order chi connectivity index (χ1) is 7.29. The van der Waals surface area contributed by atoms with Gasteiger partial charge in [-0.3, -0.25) is 0 Å². The lowest BCUT2D eigenvalue weighted by atomic mass is 10.1. The van der Waals surface area contributed by atoms with Crippen LogP contribution in [0.1, 0.15) is 12.5 Å². The fraction of sp³-hybridized carbons (Fsp3) is 0.154. The topological polar surface area (TPSA) is 26.3 Å². The van der Waals surface area contributed by atoms with Gasteiger partial charge in [0, 0.05) is 0 Å². The Kier molecular flexibility index (Phi) is 4.35. The second-order valence-electron chi connectivity index (χ2n) is 2.96. The Balaban J connectivity index is 3.07. The number of hydrogen-bond donors (Lipinski definition) is 0. The van der Waals surface area contributed by atoms with Crippen LogP contribution in [0.15, 0.2) is 48.6 Å². The molecule has 0 saturated heterocycles. The van der Waals surface area contributed by atoms with Gasteiger partial charge >= 0.3 is 5.97 Å². The van der Waals surface area contributed by atoms with Crippen LogP contribution in [-0.2, 0) is 9.53 Å². The van der Waals surface area contributed by atoms with Gasteiger partial charge in [-0.1, -0.05) is 42.5 Å². The summed E-state index contributed by atoms with van der Waals surface area (Å²) in [5.41, 5.74) is 1.43. The van der Waals surface area contributed by atoms with Crippen LogP contribution in [-0.4, -0.2) is 13.1 Å². The van der Waals surface area contributed by atoms with Crippen molar-refractivity contribution in [1.29, 1.82) is 0 Å². The maximum absolute atomic E-state index is 11.5. The lowest BCUT2D eigenvalue weighted by Crippen LogP contribution is -2.03. The molecule has 0 fully saturated rings. The largest absolute Gasteiger partial charge is 0.465 e. The highest BCUT2D eigenvalue weighted by Crippen LogP contribution is 2.15. The predicted molar refractivity (Wildman–Crippen MR) is 61.2 cm³/mol. The summed E-state index contributed by atoms with van der Waals surface area (Å²) in [5, 5.41) is 0. The van der Waals surface area contributed by atoms with E-state index in [1.165, 1.54) is 7.11 Å². The molecule has 0 heterocycles. The molecule has 0 unspecified atom stereocenters. The molecule has 0 spiro atoms. The molecule has 2 nitrogen and oxygen atoms in total. The van der Waals surface area contributed by atoms with Gasteiger partial charge in [-0.25, -0.2) is 4.79 Å². The summed E-state index contributed by atoms with van der Waals surface area (Å²) in [6, 6.07) is 9.45. The van der Waals surface area contributed by atoms with E-state index < -0.39 is 0 Å². The van der Waals surface area contributed by atoms with E-state index in [1.54, 1.807) is 6.08 Å². The number of rotatable bonds is 3. The molecular weight excluding hydrogens is 188 g/mol. The van der Waals surface area contributed by atoms with Crippen molar-refractivity contribution in [2.75, 3.05) is 7.11 Å². The number of hydrogen-bond acceptors (Lipinski definition) is 2. The molecular formula is C13H14O2. The Bertz CT molecular complexity index is 375. The first kappa shape index (κ1) is 11.2. The molecule has 0 atom stereocenters. The molecule has 0 N–H and O–H groups in total. The van der Waals surface area contributed by atoms with E-state index in [-0.39, 0.29) is 5.97 Å². The molecule has 0 aromatic heterocycles. The Morgan fingerprint density at radius 3 is 2.47 bits per heavy atom. The van der Waals surface area contributed by atoms with Gasteiger partial charge in [0.25, 0.3) is 0 Å². The van der Waals surface area contributed by atoms with Crippen LogP contribution in [0.5, 0.6) is 0 Å². The fourth-order valence-electron chi connectivity index (χ4n) is 1.20. The van der Waals surface area contributed by atoms with Crippen molar-refractivity contribution in [2.45, 2.75) is 6.92 Å². The molecule has 0 aliphatic rings. The average molecular weight is 202 g/mol. The minimum atomic E-state index is -0.320. The molecule has 0 radical (unpaired) electrons. The highest BCUT2D eigenvalue weighted by atomic mass is 16.5.